The first-order valence-electron chi connectivity index (χ1n) is 8.81. The summed E-state index contributed by atoms with van der Waals surface area (Å²) in [5.41, 5.74) is 1.51. The highest BCUT2D eigenvalue weighted by molar-refractivity contribution is 6.32. The maximum Gasteiger partial charge on any atom is 0.363 e. The minimum absolute atomic E-state index is 0.174. The van der Waals surface area contributed by atoms with Gasteiger partial charge >= 0.3 is 5.97 Å². The smallest absolute Gasteiger partial charge is 0.363 e. The van der Waals surface area contributed by atoms with Crippen LogP contribution < -0.4 is 14.2 Å². The first-order valence-corrected chi connectivity index (χ1v) is 9.19. The van der Waals surface area contributed by atoms with Crippen LogP contribution in [0, 0.1) is 0 Å². The monoisotopic (exact) mass is 401 g/mol. The Balaban J connectivity index is 1.90. The van der Waals surface area contributed by atoms with Gasteiger partial charge in [-0.05, 0) is 61.9 Å². The van der Waals surface area contributed by atoms with Crippen LogP contribution >= 0.6 is 11.6 Å². The average Bonchev–Trinajstić information content (AvgIpc) is 3.03. The molecule has 0 spiro atoms. The zero-order valence-corrected chi connectivity index (χ0v) is 16.6. The molecule has 0 radical (unpaired) electrons. The van der Waals surface area contributed by atoms with E-state index in [0.29, 0.717) is 40.9 Å². The number of cyclic esters (lactones) is 1. The Kier molecular flexibility index (Phi) is 6.21. The van der Waals surface area contributed by atoms with E-state index >= 15 is 0 Å². The van der Waals surface area contributed by atoms with Gasteiger partial charge < -0.3 is 18.9 Å². The third kappa shape index (κ3) is 4.28. The van der Waals surface area contributed by atoms with Crippen molar-refractivity contribution in [3.05, 3.63) is 58.2 Å². The molecule has 0 saturated carbocycles. The fraction of sp³-hybridized carbons (Fsp3) is 0.238. The first-order chi connectivity index (χ1) is 13.5. The van der Waals surface area contributed by atoms with Gasteiger partial charge in [0.15, 0.2) is 17.2 Å². The van der Waals surface area contributed by atoms with Crippen molar-refractivity contribution >= 4 is 29.5 Å². The summed E-state index contributed by atoms with van der Waals surface area (Å²) in [4.78, 5) is 16.5. The first kappa shape index (κ1) is 19.8. The molecule has 3 rings (SSSR count). The minimum atomic E-state index is -0.534. The highest BCUT2D eigenvalue weighted by Gasteiger charge is 2.24. The van der Waals surface area contributed by atoms with Gasteiger partial charge in [0, 0.05) is 5.56 Å². The number of hydrogen-bond acceptors (Lipinski definition) is 6. The number of aliphatic imine (C=N–C) groups is 1. The molecule has 0 atom stereocenters. The zero-order chi connectivity index (χ0) is 20.1. The van der Waals surface area contributed by atoms with E-state index in [9.17, 15) is 4.79 Å². The van der Waals surface area contributed by atoms with Gasteiger partial charge in [-0.25, -0.2) is 9.79 Å². The summed E-state index contributed by atoms with van der Waals surface area (Å²) >= 11 is 6.26. The predicted octanol–water partition coefficient (Wildman–Crippen LogP) is 4.49. The largest absolute Gasteiger partial charge is 0.494 e. The van der Waals surface area contributed by atoms with Crippen molar-refractivity contribution in [2.45, 2.75) is 13.8 Å². The van der Waals surface area contributed by atoms with E-state index in [1.54, 1.807) is 42.5 Å². The van der Waals surface area contributed by atoms with Crippen molar-refractivity contribution in [3.63, 3.8) is 0 Å². The lowest BCUT2D eigenvalue weighted by molar-refractivity contribution is -0.129. The van der Waals surface area contributed by atoms with Crippen LogP contribution in [-0.4, -0.2) is 32.2 Å². The summed E-state index contributed by atoms with van der Waals surface area (Å²) in [6.45, 7) is 4.81. The molecule has 28 heavy (non-hydrogen) atoms. The number of rotatable bonds is 7. The molecule has 0 unspecified atom stereocenters. The summed E-state index contributed by atoms with van der Waals surface area (Å²) in [5, 5.41) is 0.377. The molecular weight excluding hydrogens is 382 g/mol. The summed E-state index contributed by atoms with van der Waals surface area (Å²) < 4.78 is 21.5. The van der Waals surface area contributed by atoms with Crippen LogP contribution in [0.25, 0.3) is 6.08 Å². The van der Waals surface area contributed by atoms with Crippen LogP contribution in [0.15, 0.2) is 47.1 Å². The van der Waals surface area contributed by atoms with Gasteiger partial charge in [0.25, 0.3) is 0 Å². The maximum atomic E-state index is 12.2. The van der Waals surface area contributed by atoms with E-state index in [1.807, 2.05) is 13.8 Å². The third-order valence-corrected chi connectivity index (χ3v) is 4.15. The minimum Gasteiger partial charge on any atom is -0.494 e. The van der Waals surface area contributed by atoms with Crippen molar-refractivity contribution in [3.8, 4) is 17.2 Å². The Morgan fingerprint density at radius 2 is 1.82 bits per heavy atom. The highest BCUT2D eigenvalue weighted by Crippen LogP contribution is 2.37. The SMILES string of the molecule is CCOc1ccc(C2=N/C(=C\c3cc(Cl)c(OC)c(OCC)c3)C(=O)O2)cc1. The molecule has 2 aromatic rings. The number of ether oxygens (including phenoxy) is 4. The fourth-order valence-electron chi connectivity index (χ4n) is 2.68. The van der Waals surface area contributed by atoms with Crippen molar-refractivity contribution < 1.29 is 23.7 Å². The number of hydrogen-bond donors (Lipinski definition) is 0. The van der Waals surface area contributed by atoms with Gasteiger partial charge in [0.2, 0.25) is 5.90 Å². The van der Waals surface area contributed by atoms with Gasteiger partial charge in [0.05, 0.1) is 25.3 Å². The van der Waals surface area contributed by atoms with Gasteiger partial charge in [-0.3, -0.25) is 0 Å². The number of nitrogens with zero attached hydrogens (tertiary/aromatic N) is 1. The van der Waals surface area contributed by atoms with Crippen LogP contribution in [0.5, 0.6) is 17.2 Å². The normalized spacial score (nSPS) is 14.6. The molecule has 2 aromatic carbocycles. The summed E-state index contributed by atoms with van der Waals surface area (Å²) in [7, 11) is 1.52. The number of halogens is 1. The molecule has 0 bridgehead atoms. The Morgan fingerprint density at radius 3 is 2.46 bits per heavy atom. The van der Waals surface area contributed by atoms with Crippen molar-refractivity contribution in [2.24, 2.45) is 4.99 Å². The van der Waals surface area contributed by atoms with Crippen molar-refractivity contribution in [1.29, 1.82) is 0 Å². The topological polar surface area (TPSA) is 66.3 Å². The number of esters is 1. The van der Waals surface area contributed by atoms with Crippen LogP contribution in [0.2, 0.25) is 5.02 Å². The summed E-state index contributed by atoms with van der Waals surface area (Å²) in [5.74, 6) is 1.38. The Bertz CT molecular complexity index is 935. The Hall–Kier alpha value is -2.99. The lowest BCUT2D eigenvalue weighted by Gasteiger charge is -2.11. The molecule has 0 aliphatic carbocycles. The van der Waals surface area contributed by atoms with E-state index in [2.05, 4.69) is 4.99 Å². The lowest BCUT2D eigenvalue weighted by Crippen LogP contribution is -2.05. The lowest BCUT2D eigenvalue weighted by atomic mass is 10.1. The molecule has 1 heterocycles. The van der Waals surface area contributed by atoms with E-state index in [-0.39, 0.29) is 11.6 Å². The Morgan fingerprint density at radius 1 is 1.11 bits per heavy atom. The fourth-order valence-corrected chi connectivity index (χ4v) is 2.98. The van der Waals surface area contributed by atoms with Gasteiger partial charge in [-0.2, -0.15) is 0 Å². The van der Waals surface area contributed by atoms with Gasteiger partial charge in [-0.15, -0.1) is 0 Å². The van der Waals surface area contributed by atoms with E-state index in [1.165, 1.54) is 7.11 Å². The molecule has 0 aromatic heterocycles. The molecule has 0 fully saturated rings. The summed E-state index contributed by atoms with van der Waals surface area (Å²) in [6.07, 6.45) is 1.59. The number of benzene rings is 2. The second-order valence-corrected chi connectivity index (χ2v) is 6.17. The highest BCUT2D eigenvalue weighted by atomic mass is 35.5. The van der Waals surface area contributed by atoms with Crippen molar-refractivity contribution in [2.75, 3.05) is 20.3 Å². The predicted molar refractivity (Wildman–Crippen MR) is 107 cm³/mol. The molecule has 6 nitrogen and oxygen atoms in total. The second kappa shape index (κ2) is 8.80. The molecule has 0 amide bonds. The molecular formula is C21H20ClNO5. The van der Waals surface area contributed by atoms with Gasteiger partial charge in [-0.1, -0.05) is 11.6 Å². The quantitative estimate of drug-likeness (QED) is 0.505. The van der Waals surface area contributed by atoms with E-state index in [0.717, 1.165) is 5.75 Å². The molecule has 1 aliphatic rings. The second-order valence-electron chi connectivity index (χ2n) is 5.76. The molecule has 0 saturated heterocycles. The standard InChI is InChI=1S/C21H20ClNO5/c1-4-26-15-8-6-14(7-9-15)20-23-17(21(24)28-20)11-13-10-16(22)19(25-3)18(12-13)27-5-2/h6-12H,4-5H2,1-3H3/b17-11-. The Labute approximate surface area is 168 Å². The molecule has 0 N–H and O–H groups in total. The average molecular weight is 402 g/mol. The molecule has 1 aliphatic heterocycles. The van der Waals surface area contributed by atoms with Crippen LogP contribution in [0.3, 0.4) is 0 Å². The number of carbonyl (C=O) groups is 1. The van der Waals surface area contributed by atoms with Crippen molar-refractivity contribution in [1.82, 2.24) is 0 Å². The third-order valence-electron chi connectivity index (χ3n) is 3.87. The summed E-state index contributed by atoms with van der Waals surface area (Å²) in [6, 6.07) is 10.6. The number of carbonyl (C=O) groups excluding carboxylic acids is 1. The van der Waals surface area contributed by atoms with Crippen LogP contribution in [0.4, 0.5) is 0 Å². The van der Waals surface area contributed by atoms with Gasteiger partial charge in [0.1, 0.15) is 5.75 Å². The van der Waals surface area contributed by atoms with E-state index in [4.69, 9.17) is 30.5 Å². The zero-order valence-electron chi connectivity index (χ0n) is 15.8. The molecule has 7 heteroatoms. The van der Waals surface area contributed by atoms with E-state index < -0.39 is 5.97 Å². The number of methoxy groups -OCH3 is 1. The maximum absolute atomic E-state index is 12.2. The molecule has 146 valence electrons. The van der Waals surface area contributed by atoms with Crippen LogP contribution in [-0.2, 0) is 9.53 Å². The van der Waals surface area contributed by atoms with Crippen LogP contribution in [0.1, 0.15) is 25.0 Å².